The maximum absolute atomic E-state index is 12.6. The molecule has 1 saturated heterocycles. The molecular formula is C29H41N5O5. The van der Waals surface area contributed by atoms with Gasteiger partial charge in [0.25, 0.3) is 0 Å². The van der Waals surface area contributed by atoms with E-state index in [9.17, 15) is 4.79 Å². The van der Waals surface area contributed by atoms with E-state index in [-0.39, 0.29) is 11.7 Å². The van der Waals surface area contributed by atoms with Gasteiger partial charge in [0, 0.05) is 32.4 Å². The molecule has 0 bridgehead atoms. The number of methoxy groups -OCH3 is 1. The van der Waals surface area contributed by atoms with Gasteiger partial charge in [-0.05, 0) is 65.3 Å². The minimum atomic E-state index is -0.521. The van der Waals surface area contributed by atoms with Crippen molar-refractivity contribution in [3.63, 3.8) is 0 Å². The normalized spacial score (nSPS) is 14.5. The summed E-state index contributed by atoms with van der Waals surface area (Å²) in [6.45, 7) is 15.5. The first-order valence-electron chi connectivity index (χ1n) is 13.4. The second-order valence-corrected chi connectivity index (χ2v) is 11.6. The molecule has 0 unspecified atom stereocenters. The molecule has 0 atom stereocenters. The van der Waals surface area contributed by atoms with Crippen LogP contribution in [-0.2, 0) is 16.0 Å². The van der Waals surface area contributed by atoms with Gasteiger partial charge < -0.3 is 28.7 Å². The number of carbonyl (C=O) groups is 1. The number of ether oxygens (including phenoxy) is 4. The van der Waals surface area contributed by atoms with Crippen molar-refractivity contribution in [1.29, 1.82) is 0 Å². The fraction of sp³-hybridized carbons (Fsp3) is 0.552. The second-order valence-electron chi connectivity index (χ2n) is 11.6. The molecule has 0 radical (unpaired) electrons. The number of hydrogen-bond donors (Lipinski definition) is 0. The van der Waals surface area contributed by atoms with E-state index in [0.29, 0.717) is 51.8 Å². The summed E-state index contributed by atoms with van der Waals surface area (Å²) in [5.41, 5.74) is 2.02. The molecule has 212 valence electrons. The minimum absolute atomic E-state index is 0.250. The van der Waals surface area contributed by atoms with E-state index in [1.807, 2.05) is 76.6 Å². The van der Waals surface area contributed by atoms with Crippen LogP contribution in [-0.4, -0.2) is 83.5 Å². The van der Waals surface area contributed by atoms with E-state index < -0.39 is 5.60 Å². The van der Waals surface area contributed by atoms with Crippen LogP contribution in [0.3, 0.4) is 0 Å². The average molecular weight is 540 g/mol. The standard InChI is InChI=1S/C29H41N5O5/c1-28(2,3)38-19-18-37-26-24-23(32-14-16-33(17-15-32)27(35)39-29(4,5)6)12-13-30-25(24)34(31-26)20-21-8-10-22(36-7)11-9-21/h8-13H,14-20H2,1-7H3. The highest BCUT2D eigenvalue weighted by Crippen LogP contribution is 2.34. The maximum atomic E-state index is 12.6. The number of anilines is 1. The summed E-state index contributed by atoms with van der Waals surface area (Å²) in [6.07, 6.45) is 1.52. The Morgan fingerprint density at radius 3 is 2.23 bits per heavy atom. The summed E-state index contributed by atoms with van der Waals surface area (Å²) in [7, 11) is 1.65. The summed E-state index contributed by atoms with van der Waals surface area (Å²) in [4.78, 5) is 21.3. The SMILES string of the molecule is COc1ccc(Cn2nc(OCCOC(C)(C)C)c3c(N4CCN(C(=O)OC(C)(C)C)CC4)ccnc32)cc1. The van der Waals surface area contributed by atoms with Crippen LogP contribution in [0.1, 0.15) is 47.1 Å². The van der Waals surface area contributed by atoms with Gasteiger partial charge in [0.2, 0.25) is 5.88 Å². The quantitative estimate of drug-likeness (QED) is 0.379. The van der Waals surface area contributed by atoms with E-state index in [2.05, 4.69) is 4.90 Å². The Morgan fingerprint density at radius 2 is 1.62 bits per heavy atom. The fourth-order valence-corrected chi connectivity index (χ4v) is 4.37. The number of piperazine rings is 1. The first-order valence-corrected chi connectivity index (χ1v) is 13.4. The molecule has 1 amide bonds. The molecule has 0 saturated carbocycles. The molecule has 0 spiro atoms. The smallest absolute Gasteiger partial charge is 0.410 e. The zero-order valence-electron chi connectivity index (χ0n) is 24.2. The van der Waals surface area contributed by atoms with Crippen LogP contribution >= 0.6 is 0 Å². The highest BCUT2D eigenvalue weighted by molar-refractivity contribution is 5.94. The van der Waals surface area contributed by atoms with E-state index in [1.54, 1.807) is 18.2 Å². The Kier molecular flexibility index (Phi) is 8.54. The van der Waals surface area contributed by atoms with Gasteiger partial charge in [0.1, 0.15) is 23.3 Å². The largest absolute Gasteiger partial charge is 0.497 e. The van der Waals surface area contributed by atoms with Gasteiger partial charge in [-0.3, -0.25) is 0 Å². The zero-order valence-corrected chi connectivity index (χ0v) is 24.2. The molecule has 39 heavy (non-hydrogen) atoms. The Bertz CT molecular complexity index is 1250. The maximum Gasteiger partial charge on any atom is 0.410 e. The predicted molar refractivity (Wildman–Crippen MR) is 151 cm³/mol. The molecule has 3 aromatic rings. The Balaban J connectivity index is 1.59. The number of nitrogens with zero attached hydrogens (tertiary/aromatic N) is 5. The number of fused-ring (bicyclic) bond motifs is 1. The lowest BCUT2D eigenvalue weighted by molar-refractivity contribution is -0.0167. The van der Waals surface area contributed by atoms with Crippen molar-refractivity contribution in [3.05, 3.63) is 42.1 Å². The molecule has 0 N–H and O–H groups in total. The van der Waals surface area contributed by atoms with E-state index in [1.165, 1.54) is 0 Å². The monoisotopic (exact) mass is 539 g/mol. The van der Waals surface area contributed by atoms with Gasteiger partial charge in [0.15, 0.2) is 5.65 Å². The third-order valence-electron chi connectivity index (χ3n) is 6.20. The van der Waals surface area contributed by atoms with Gasteiger partial charge in [-0.2, -0.15) is 0 Å². The molecule has 3 heterocycles. The number of hydrogen-bond acceptors (Lipinski definition) is 8. The lowest BCUT2D eigenvalue weighted by Crippen LogP contribution is -2.50. The highest BCUT2D eigenvalue weighted by atomic mass is 16.6. The first kappa shape index (κ1) is 28.5. The molecule has 1 aliphatic rings. The summed E-state index contributed by atoms with van der Waals surface area (Å²) in [5, 5.41) is 5.69. The van der Waals surface area contributed by atoms with Crippen molar-refractivity contribution in [1.82, 2.24) is 19.7 Å². The number of pyridine rings is 1. The summed E-state index contributed by atoms with van der Waals surface area (Å²) in [5.74, 6) is 1.33. The third kappa shape index (κ3) is 7.53. The van der Waals surface area contributed by atoms with Gasteiger partial charge in [0.05, 0.1) is 31.5 Å². The molecule has 10 heteroatoms. The van der Waals surface area contributed by atoms with Crippen molar-refractivity contribution >= 4 is 22.8 Å². The molecule has 2 aromatic heterocycles. The summed E-state index contributed by atoms with van der Waals surface area (Å²) < 4.78 is 24.8. The molecule has 1 aliphatic heterocycles. The minimum Gasteiger partial charge on any atom is -0.497 e. The topological polar surface area (TPSA) is 91.2 Å². The lowest BCUT2D eigenvalue weighted by atomic mass is 10.2. The molecule has 1 aromatic carbocycles. The third-order valence-corrected chi connectivity index (χ3v) is 6.20. The number of benzene rings is 1. The number of aromatic nitrogens is 3. The van der Waals surface area contributed by atoms with Gasteiger partial charge in [-0.1, -0.05) is 12.1 Å². The molecule has 1 fully saturated rings. The van der Waals surface area contributed by atoms with E-state index in [4.69, 9.17) is 29.0 Å². The Morgan fingerprint density at radius 1 is 0.923 bits per heavy atom. The van der Waals surface area contributed by atoms with Crippen LogP contribution in [0, 0.1) is 0 Å². The van der Waals surface area contributed by atoms with Crippen molar-refractivity contribution in [3.8, 4) is 11.6 Å². The van der Waals surface area contributed by atoms with Crippen LogP contribution in [0.5, 0.6) is 11.6 Å². The van der Waals surface area contributed by atoms with Crippen LogP contribution in [0.2, 0.25) is 0 Å². The molecular weight excluding hydrogens is 498 g/mol. The summed E-state index contributed by atoms with van der Waals surface area (Å²) in [6, 6.07) is 9.90. The Labute approximate surface area is 230 Å². The van der Waals surface area contributed by atoms with Gasteiger partial charge in [-0.15, -0.1) is 5.10 Å². The van der Waals surface area contributed by atoms with Crippen LogP contribution < -0.4 is 14.4 Å². The van der Waals surface area contributed by atoms with Crippen molar-refractivity contribution < 1.29 is 23.7 Å². The van der Waals surface area contributed by atoms with E-state index >= 15 is 0 Å². The highest BCUT2D eigenvalue weighted by Gasteiger charge is 2.28. The fourth-order valence-electron chi connectivity index (χ4n) is 4.37. The van der Waals surface area contributed by atoms with Crippen LogP contribution in [0.25, 0.3) is 11.0 Å². The second kappa shape index (κ2) is 11.7. The van der Waals surface area contributed by atoms with Crippen molar-refractivity contribution in [2.45, 2.75) is 59.3 Å². The molecule has 0 aliphatic carbocycles. The number of rotatable bonds is 8. The first-order chi connectivity index (χ1) is 18.4. The Hall–Kier alpha value is -3.53. The van der Waals surface area contributed by atoms with Crippen molar-refractivity contribution in [2.24, 2.45) is 0 Å². The molecule has 4 rings (SSSR count). The number of carbonyl (C=O) groups excluding carboxylic acids is 1. The zero-order chi connectivity index (χ0) is 28.2. The van der Waals surface area contributed by atoms with Crippen LogP contribution in [0.4, 0.5) is 10.5 Å². The molecule has 10 nitrogen and oxygen atoms in total. The number of amides is 1. The van der Waals surface area contributed by atoms with E-state index in [0.717, 1.165) is 28.0 Å². The lowest BCUT2D eigenvalue weighted by Gasteiger charge is -2.36. The van der Waals surface area contributed by atoms with Crippen molar-refractivity contribution in [2.75, 3.05) is 51.4 Å². The van der Waals surface area contributed by atoms with Gasteiger partial charge in [-0.25, -0.2) is 14.5 Å². The predicted octanol–water partition coefficient (Wildman–Crippen LogP) is 4.74. The van der Waals surface area contributed by atoms with Crippen LogP contribution in [0.15, 0.2) is 36.5 Å². The summed E-state index contributed by atoms with van der Waals surface area (Å²) >= 11 is 0. The van der Waals surface area contributed by atoms with Gasteiger partial charge >= 0.3 is 6.09 Å². The average Bonchev–Trinajstić information content (AvgIpc) is 3.23.